The normalized spacial score (nSPS) is 12.8. The molecule has 2 aromatic carbocycles. The SMILES string of the molecule is C=CCN(C(=O)C(CS)NC(=O)OC(C)(C)C)C(C(=O)Nc1c(C)cccc1C)c1ccc(C)cc1. The van der Waals surface area contributed by atoms with E-state index in [-0.39, 0.29) is 18.2 Å². The Bertz CT molecular complexity index is 1070. The third-order valence-electron chi connectivity index (χ3n) is 5.46. The largest absolute Gasteiger partial charge is 0.444 e. The molecule has 2 N–H and O–H groups in total. The second kappa shape index (κ2) is 12.6. The number of para-hydroxylation sites is 1. The zero-order valence-corrected chi connectivity index (χ0v) is 22.8. The Balaban J connectivity index is 2.47. The molecule has 2 unspecified atom stereocenters. The van der Waals surface area contributed by atoms with Crippen molar-refractivity contribution in [2.45, 2.75) is 59.2 Å². The highest BCUT2D eigenvalue weighted by Crippen LogP contribution is 2.27. The Kier molecular flexibility index (Phi) is 10.2. The second-order valence-electron chi connectivity index (χ2n) is 9.73. The van der Waals surface area contributed by atoms with Gasteiger partial charge in [-0.05, 0) is 58.2 Å². The van der Waals surface area contributed by atoms with E-state index in [4.69, 9.17) is 4.74 Å². The smallest absolute Gasteiger partial charge is 0.408 e. The van der Waals surface area contributed by atoms with Crippen molar-refractivity contribution in [3.05, 3.63) is 77.4 Å². The number of ether oxygens (including phenoxy) is 1. The molecule has 2 rings (SSSR count). The fourth-order valence-corrected chi connectivity index (χ4v) is 3.97. The highest BCUT2D eigenvalue weighted by atomic mass is 32.1. The van der Waals surface area contributed by atoms with Crippen molar-refractivity contribution >= 4 is 36.2 Å². The number of alkyl carbamates (subject to hydrolysis) is 1. The quantitative estimate of drug-likeness (QED) is 0.322. The number of thiol groups is 1. The average molecular weight is 512 g/mol. The summed E-state index contributed by atoms with van der Waals surface area (Å²) in [5.41, 5.74) is 3.44. The van der Waals surface area contributed by atoms with Gasteiger partial charge in [0.15, 0.2) is 0 Å². The number of anilines is 1. The summed E-state index contributed by atoms with van der Waals surface area (Å²) < 4.78 is 5.32. The van der Waals surface area contributed by atoms with Crippen LogP contribution in [0.4, 0.5) is 10.5 Å². The van der Waals surface area contributed by atoms with Crippen LogP contribution >= 0.6 is 12.6 Å². The summed E-state index contributed by atoms with van der Waals surface area (Å²) in [6, 6.07) is 11.2. The summed E-state index contributed by atoms with van der Waals surface area (Å²) in [6.07, 6.45) is 0.814. The predicted molar refractivity (Wildman–Crippen MR) is 147 cm³/mol. The van der Waals surface area contributed by atoms with E-state index < -0.39 is 29.7 Å². The molecule has 2 aromatic rings. The van der Waals surface area contributed by atoms with Crippen LogP contribution in [-0.4, -0.2) is 46.7 Å². The molecule has 0 aromatic heterocycles. The molecule has 0 aliphatic rings. The lowest BCUT2D eigenvalue weighted by atomic mass is 10.0. The zero-order chi connectivity index (χ0) is 27.0. The molecular formula is C28H37N3O4S. The van der Waals surface area contributed by atoms with Gasteiger partial charge in [0.2, 0.25) is 5.91 Å². The molecule has 0 heterocycles. The van der Waals surface area contributed by atoms with Crippen LogP contribution in [0, 0.1) is 20.8 Å². The molecular weight excluding hydrogens is 474 g/mol. The first-order valence-corrected chi connectivity index (χ1v) is 12.5. The van der Waals surface area contributed by atoms with Crippen molar-refractivity contribution in [2.75, 3.05) is 17.6 Å². The number of carbonyl (C=O) groups is 3. The van der Waals surface area contributed by atoms with E-state index in [0.717, 1.165) is 16.7 Å². The first kappa shape index (κ1) is 29.0. The third kappa shape index (κ3) is 7.88. The first-order chi connectivity index (χ1) is 16.9. The second-order valence-corrected chi connectivity index (χ2v) is 10.1. The molecule has 8 heteroatoms. The van der Waals surface area contributed by atoms with Gasteiger partial charge >= 0.3 is 6.09 Å². The Labute approximate surface area is 219 Å². The van der Waals surface area contributed by atoms with Crippen LogP contribution in [0.25, 0.3) is 0 Å². The summed E-state index contributed by atoms with van der Waals surface area (Å²) in [5.74, 6) is -0.829. The van der Waals surface area contributed by atoms with E-state index in [1.54, 1.807) is 26.8 Å². The Hall–Kier alpha value is -3.26. The minimum absolute atomic E-state index is 0.0187. The van der Waals surface area contributed by atoms with Crippen LogP contribution in [0.1, 0.15) is 49.1 Å². The Morgan fingerprint density at radius 1 is 1.06 bits per heavy atom. The van der Waals surface area contributed by atoms with E-state index in [0.29, 0.717) is 11.3 Å². The van der Waals surface area contributed by atoms with Gasteiger partial charge in [0.25, 0.3) is 5.91 Å². The van der Waals surface area contributed by atoms with Crippen LogP contribution in [0.2, 0.25) is 0 Å². The maximum atomic E-state index is 13.8. The van der Waals surface area contributed by atoms with E-state index in [2.05, 4.69) is 29.8 Å². The fraction of sp³-hybridized carbons (Fsp3) is 0.393. The van der Waals surface area contributed by atoms with Crippen molar-refractivity contribution in [3.63, 3.8) is 0 Å². The molecule has 0 aliphatic heterocycles. The fourth-order valence-electron chi connectivity index (χ4n) is 3.72. The maximum Gasteiger partial charge on any atom is 0.408 e. The van der Waals surface area contributed by atoms with Gasteiger partial charge in [-0.25, -0.2) is 4.79 Å². The van der Waals surface area contributed by atoms with Crippen LogP contribution in [-0.2, 0) is 14.3 Å². The van der Waals surface area contributed by atoms with Gasteiger partial charge in [-0.15, -0.1) is 6.58 Å². The molecule has 2 atom stereocenters. The number of rotatable bonds is 9. The molecule has 0 bridgehead atoms. The minimum atomic E-state index is -1.01. The highest BCUT2D eigenvalue weighted by Gasteiger charge is 2.35. The number of nitrogens with one attached hydrogen (secondary N) is 2. The van der Waals surface area contributed by atoms with Crippen molar-refractivity contribution in [1.29, 1.82) is 0 Å². The van der Waals surface area contributed by atoms with E-state index in [9.17, 15) is 14.4 Å². The van der Waals surface area contributed by atoms with Crippen LogP contribution in [0.3, 0.4) is 0 Å². The summed E-state index contributed by atoms with van der Waals surface area (Å²) in [7, 11) is 0. The lowest BCUT2D eigenvalue weighted by Crippen LogP contribution is -2.53. The number of aryl methyl sites for hydroxylation is 3. The molecule has 0 radical (unpaired) electrons. The summed E-state index contributed by atoms with van der Waals surface area (Å²) in [6.45, 7) is 14.8. The van der Waals surface area contributed by atoms with E-state index >= 15 is 0 Å². The molecule has 36 heavy (non-hydrogen) atoms. The molecule has 3 amide bonds. The number of hydrogen-bond donors (Lipinski definition) is 3. The summed E-state index contributed by atoms with van der Waals surface area (Å²) >= 11 is 4.29. The first-order valence-electron chi connectivity index (χ1n) is 11.8. The number of nitrogens with zero attached hydrogens (tertiary/aromatic N) is 1. The molecule has 7 nitrogen and oxygen atoms in total. The van der Waals surface area contributed by atoms with Gasteiger partial charge in [0, 0.05) is 18.0 Å². The number of amides is 3. The molecule has 0 spiro atoms. The molecule has 0 fully saturated rings. The van der Waals surface area contributed by atoms with Crippen LogP contribution < -0.4 is 10.6 Å². The van der Waals surface area contributed by atoms with E-state index in [1.165, 1.54) is 4.90 Å². The van der Waals surface area contributed by atoms with Gasteiger partial charge in [-0.1, -0.05) is 54.1 Å². The van der Waals surface area contributed by atoms with Gasteiger partial charge in [-0.2, -0.15) is 12.6 Å². The van der Waals surface area contributed by atoms with Gasteiger partial charge in [0.1, 0.15) is 17.7 Å². The van der Waals surface area contributed by atoms with Gasteiger partial charge in [0.05, 0.1) is 0 Å². The lowest BCUT2D eigenvalue weighted by molar-refractivity contribution is -0.139. The Morgan fingerprint density at radius 2 is 1.64 bits per heavy atom. The van der Waals surface area contributed by atoms with Crippen LogP contribution in [0.15, 0.2) is 55.1 Å². The maximum absolute atomic E-state index is 13.8. The van der Waals surface area contributed by atoms with Crippen molar-refractivity contribution in [1.82, 2.24) is 10.2 Å². The standard InChI is InChI=1S/C28H37N3O4S/c1-8-16-31(26(33)22(17-36)29-27(34)35-28(5,6)7)24(21-14-12-18(2)13-15-21)25(32)30-23-19(3)10-9-11-20(23)4/h8-15,22,24,36H,1,16-17H2,2-7H3,(H,29,34)(H,30,32). The van der Waals surface area contributed by atoms with Crippen molar-refractivity contribution in [2.24, 2.45) is 0 Å². The summed E-state index contributed by atoms with van der Waals surface area (Å²) in [5, 5.41) is 5.61. The predicted octanol–water partition coefficient (Wildman–Crippen LogP) is 5.13. The molecule has 194 valence electrons. The molecule has 0 aliphatic carbocycles. The van der Waals surface area contributed by atoms with Gasteiger partial charge < -0.3 is 20.3 Å². The monoisotopic (exact) mass is 511 g/mol. The zero-order valence-electron chi connectivity index (χ0n) is 21.9. The minimum Gasteiger partial charge on any atom is -0.444 e. The molecule has 0 saturated carbocycles. The average Bonchev–Trinajstić information content (AvgIpc) is 2.79. The van der Waals surface area contributed by atoms with Crippen molar-refractivity contribution < 1.29 is 19.1 Å². The lowest BCUT2D eigenvalue weighted by Gasteiger charge is -2.33. The van der Waals surface area contributed by atoms with Gasteiger partial charge in [-0.3, -0.25) is 9.59 Å². The summed E-state index contributed by atoms with van der Waals surface area (Å²) in [4.78, 5) is 41.3. The van der Waals surface area contributed by atoms with Crippen molar-refractivity contribution in [3.8, 4) is 0 Å². The number of benzene rings is 2. The highest BCUT2D eigenvalue weighted by molar-refractivity contribution is 7.80. The topological polar surface area (TPSA) is 87.7 Å². The van der Waals surface area contributed by atoms with E-state index in [1.807, 2.05) is 63.2 Å². The Morgan fingerprint density at radius 3 is 2.14 bits per heavy atom. The molecule has 0 saturated heterocycles. The number of hydrogen-bond acceptors (Lipinski definition) is 5. The third-order valence-corrected chi connectivity index (χ3v) is 5.83. The number of carbonyl (C=O) groups excluding carboxylic acids is 3. The van der Waals surface area contributed by atoms with Crippen LogP contribution in [0.5, 0.6) is 0 Å².